The Bertz CT molecular complexity index is 805. The molecule has 2 aromatic rings. The van der Waals surface area contributed by atoms with Gasteiger partial charge in [-0.05, 0) is 33.9 Å². The number of rotatable bonds is 3. The van der Waals surface area contributed by atoms with Crippen LogP contribution in [0, 0.1) is 13.8 Å². The van der Waals surface area contributed by atoms with Gasteiger partial charge < -0.3 is 9.64 Å². The average Bonchev–Trinajstić information content (AvgIpc) is 2.91. The molecule has 27 heavy (non-hydrogen) atoms. The molecule has 0 amide bonds. The molecule has 2 aliphatic rings. The van der Waals surface area contributed by atoms with Gasteiger partial charge in [-0.15, -0.1) is 0 Å². The molecule has 3 heterocycles. The van der Waals surface area contributed by atoms with Gasteiger partial charge in [0, 0.05) is 68.9 Å². The third-order valence-electron chi connectivity index (χ3n) is 6.24. The lowest BCUT2D eigenvalue weighted by Crippen LogP contribution is -2.52. The molecule has 0 saturated carbocycles. The molecule has 0 bridgehead atoms. The highest BCUT2D eigenvalue weighted by molar-refractivity contribution is 5.38. The molecule has 5 heteroatoms. The van der Waals surface area contributed by atoms with Crippen molar-refractivity contribution in [1.29, 1.82) is 0 Å². The minimum Gasteiger partial charge on any atom is -0.486 e. The number of hydrogen-bond acceptors (Lipinski definition) is 4. The van der Waals surface area contributed by atoms with Gasteiger partial charge in [-0.2, -0.15) is 5.10 Å². The number of aryl methyl sites for hydroxylation is 2. The fraction of sp³-hybridized carbons (Fsp3) is 0.591. The lowest BCUT2D eigenvalue weighted by molar-refractivity contribution is -0.0146. The summed E-state index contributed by atoms with van der Waals surface area (Å²) >= 11 is 0. The summed E-state index contributed by atoms with van der Waals surface area (Å²) in [4.78, 5) is 4.98. The van der Waals surface area contributed by atoms with Gasteiger partial charge in [0.05, 0.1) is 6.20 Å². The topological polar surface area (TPSA) is 33.5 Å². The Morgan fingerprint density at radius 2 is 1.96 bits per heavy atom. The minimum atomic E-state index is -0.0817. The van der Waals surface area contributed by atoms with E-state index in [2.05, 4.69) is 65.6 Å². The lowest BCUT2D eigenvalue weighted by atomic mass is 9.90. The van der Waals surface area contributed by atoms with Gasteiger partial charge in [-0.25, -0.2) is 0 Å². The molecular formula is C22H32N4O. The van der Waals surface area contributed by atoms with E-state index in [1.165, 1.54) is 22.4 Å². The summed E-state index contributed by atoms with van der Waals surface area (Å²) in [6.07, 6.45) is 4.21. The Hall–Kier alpha value is -1.85. The molecule has 1 aromatic carbocycles. The summed E-state index contributed by atoms with van der Waals surface area (Å²) < 4.78 is 8.81. The van der Waals surface area contributed by atoms with Crippen LogP contribution < -0.4 is 4.74 Å². The molecule has 5 nitrogen and oxygen atoms in total. The highest BCUT2D eigenvalue weighted by atomic mass is 16.5. The van der Waals surface area contributed by atoms with Gasteiger partial charge in [0.2, 0.25) is 0 Å². The summed E-state index contributed by atoms with van der Waals surface area (Å²) in [5, 5.41) is 4.55. The van der Waals surface area contributed by atoms with Crippen molar-refractivity contribution in [1.82, 2.24) is 19.6 Å². The summed E-state index contributed by atoms with van der Waals surface area (Å²) in [6.45, 7) is 12.5. The number of hydrogen-bond donors (Lipinski definition) is 0. The van der Waals surface area contributed by atoms with Crippen LogP contribution >= 0.6 is 0 Å². The number of piperidine rings is 1. The van der Waals surface area contributed by atoms with Crippen LogP contribution in [0.25, 0.3) is 0 Å². The van der Waals surface area contributed by atoms with Crippen molar-refractivity contribution in [2.45, 2.75) is 58.8 Å². The Labute approximate surface area is 162 Å². The fourth-order valence-corrected chi connectivity index (χ4v) is 4.50. The first-order valence-corrected chi connectivity index (χ1v) is 10.2. The highest BCUT2D eigenvalue weighted by Crippen LogP contribution is 2.36. The van der Waals surface area contributed by atoms with Crippen molar-refractivity contribution < 1.29 is 4.74 Å². The monoisotopic (exact) mass is 368 g/mol. The minimum absolute atomic E-state index is 0.0817. The molecule has 0 N–H and O–H groups in total. The van der Waals surface area contributed by atoms with Crippen LogP contribution in [0.3, 0.4) is 0 Å². The Morgan fingerprint density at radius 1 is 1.19 bits per heavy atom. The molecule has 0 unspecified atom stereocenters. The number of nitrogens with zero attached hydrogens (tertiary/aromatic N) is 4. The largest absolute Gasteiger partial charge is 0.486 e. The van der Waals surface area contributed by atoms with Crippen molar-refractivity contribution >= 4 is 0 Å². The quantitative estimate of drug-likeness (QED) is 0.832. The van der Waals surface area contributed by atoms with E-state index in [4.69, 9.17) is 4.74 Å². The van der Waals surface area contributed by atoms with Crippen LogP contribution in [0.4, 0.5) is 0 Å². The second-order valence-corrected chi connectivity index (χ2v) is 8.42. The van der Waals surface area contributed by atoms with Crippen LogP contribution in [0.5, 0.6) is 5.75 Å². The summed E-state index contributed by atoms with van der Waals surface area (Å²) in [7, 11) is 2.21. The number of ether oxygens (including phenoxy) is 1. The van der Waals surface area contributed by atoms with E-state index in [0.29, 0.717) is 0 Å². The van der Waals surface area contributed by atoms with E-state index in [-0.39, 0.29) is 5.60 Å². The summed E-state index contributed by atoms with van der Waals surface area (Å²) in [5.74, 6) is 1.08. The molecule has 0 atom stereocenters. The lowest BCUT2D eigenvalue weighted by Gasteiger charge is -2.42. The van der Waals surface area contributed by atoms with E-state index >= 15 is 0 Å². The van der Waals surface area contributed by atoms with Crippen LogP contribution in [-0.4, -0.2) is 51.9 Å². The maximum Gasteiger partial charge on any atom is 0.124 e. The standard InChI is InChI=1S/C22H32N4O/c1-5-26-18(3)20(13-23-26)15-25-14-19-12-17(2)6-7-21(19)27-22(16-25)8-10-24(4)11-9-22/h6-7,12-13H,5,8-11,14-16H2,1-4H3. The predicted molar refractivity (Wildman–Crippen MR) is 108 cm³/mol. The molecule has 146 valence electrons. The Morgan fingerprint density at radius 3 is 2.67 bits per heavy atom. The third-order valence-corrected chi connectivity index (χ3v) is 6.24. The first-order valence-electron chi connectivity index (χ1n) is 10.2. The van der Waals surface area contributed by atoms with Crippen LogP contribution in [0.15, 0.2) is 24.4 Å². The zero-order valence-corrected chi connectivity index (χ0v) is 17.2. The van der Waals surface area contributed by atoms with Crippen molar-refractivity contribution in [3.05, 3.63) is 46.8 Å². The third kappa shape index (κ3) is 3.76. The SMILES string of the molecule is CCn1ncc(CN2Cc3cc(C)ccc3OC3(CCN(C)CC3)C2)c1C. The summed E-state index contributed by atoms with van der Waals surface area (Å²) in [6, 6.07) is 6.64. The molecular weight excluding hydrogens is 336 g/mol. The van der Waals surface area contributed by atoms with Gasteiger partial charge in [-0.3, -0.25) is 9.58 Å². The van der Waals surface area contributed by atoms with Gasteiger partial charge in [0.15, 0.2) is 0 Å². The van der Waals surface area contributed by atoms with Crippen molar-refractivity contribution in [2.75, 3.05) is 26.7 Å². The van der Waals surface area contributed by atoms with Gasteiger partial charge >= 0.3 is 0 Å². The molecule has 4 rings (SSSR count). The highest BCUT2D eigenvalue weighted by Gasteiger charge is 2.40. The normalized spacial score (nSPS) is 20.3. The maximum absolute atomic E-state index is 6.72. The number of likely N-dealkylation sites (tertiary alicyclic amines) is 1. The maximum atomic E-state index is 6.72. The van der Waals surface area contributed by atoms with E-state index < -0.39 is 0 Å². The number of aromatic nitrogens is 2. The van der Waals surface area contributed by atoms with Crippen molar-refractivity contribution in [2.24, 2.45) is 0 Å². The van der Waals surface area contributed by atoms with Gasteiger partial charge in [0.1, 0.15) is 11.4 Å². The van der Waals surface area contributed by atoms with E-state index in [1.807, 2.05) is 6.20 Å². The number of fused-ring (bicyclic) bond motifs is 1. The Kier molecular flexibility index (Phi) is 4.99. The second-order valence-electron chi connectivity index (χ2n) is 8.42. The first-order chi connectivity index (χ1) is 13.0. The van der Waals surface area contributed by atoms with Crippen LogP contribution in [0.1, 0.15) is 42.1 Å². The molecule has 1 spiro atoms. The zero-order valence-electron chi connectivity index (χ0n) is 17.2. The molecule has 0 radical (unpaired) electrons. The van der Waals surface area contributed by atoms with Crippen molar-refractivity contribution in [3.8, 4) is 5.75 Å². The smallest absolute Gasteiger partial charge is 0.124 e. The molecule has 2 aliphatic heterocycles. The van der Waals surface area contributed by atoms with Gasteiger partial charge in [0.25, 0.3) is 0 Å². The first kappa shape index (κ1) is 18.5. The second kappa shape index (κ2) is 7.28. The van der Waals surface area contributed by atoms with E-state index in [0.717, 1.165) is 57.9 Å². The van der Waals surface area contributed by atoms with Gasteiger partial charge in [-0.1, -0.05) is 17.7 Å². The average molecular weight is 369 g/mol. The van der Waals surface area contributed by atoms with E-state index in [1.54, 1.807) is 0 Å². The number of benzene rings is 1. The van der Waals surface area contributed by atoms with Crippen LogP contribution in [0.2, 0.25) is 0 Å². The molecule has 0 aliphatic carbocycles. The fourth-order valence-electron chi connectivity index (χ4n) is 4.50. The van der Waals surface area contributed by atoms with E-state index in [9.17, 15) is 0 Å². The van der Waals surface area contributed by atoms with Crippen LogP contribution in [-0.2, 0) is 19.6 Å². The molecule has 1 aromatic heterocycles. The zero-order chi connectivity index (χ0) is 19.0. The Balaban J connectivity index is 1.64. The van der Waals surface area contributed by atoms with Crippen molar-refractivity contribution in [3.63, 3.8) is 0 Å². The molecule has 1 saturated heterocycles. The molecule has 1 fully saturated rings. The summed E-state index contributed by atoms with van der Waals surface area (Å²) in [5.41, 5.74) is 5.14. The predicted octanol–water partition coefficient (Wildman–Crippen LogP) is 3.38.